The number of rotatable bonds is 70. The predicted octanol–water partition coefficient (Wildman–Crippen LogP) is 15.6. The normalized spacial score (nSPS) is 26.0. The molecule has 3 rings (SSSR count). The summed E-state index contributed by atoms with van der Waals surface area (Å²) in [5, 5.41) is 121. The standard InChI is InChI=1S/C86H159NO18/c1-3-5-7-9-11-13-15-17-19-21-23-25-27-29-31-32-33-34-35-36-38-40-42-44-46-48-50-52-54-56-58-60-62-64-74(92)87-69(70(91)63-61-59-57-55-53-51-49-47-45-43-41-39-37-30-28-26-24-22-20-18-16-14-12-10-8-6-4-2)68-100-84-80(98)77(95)82(72(66-89)102-84)105-86-81(99)78(96)83(73(67-90)103-86)104-85-79(97)76(94)75(93)71(65-88)101-85/h15,17,21,23,53,55,61,63,69-73,75-86,88-91,93-99H,3-14,16,18-20,22,24-52,54,56-60,62,64-68H2,1-2H3,(H,87,92)/b17-15-,23-21-,55-53+,63-61+. The van der Waals surface area contributed by atoms with E-state index in [2.05, 4.69) is 55.6 Å². The molecule has 616 valence electrons. The predicted molar refractivity (Wildman–Crippen MR) is 420 cm³/mol. The Kier molecular flexibility index (Phi) is 61.3. The van der Waals surface area contributed by atoms with Crippen LogP contribution in [-0.4, -0.2) is 193 Å². The van der Waals surface area contributed by atoms with Gasteiger partial charge >= 0.3 is 0 Å². The van der Waals surface area contributed by atoms with Crippen LogP contribution >= 0.6 is 0 Å². The second kappa shape index (κ2) is 66.4. The van der Waals surface area contributed by atoms with E-state index in [-0.39, 0.29) is 18.9 Å². The number of amides is 1. The number of nitrogens with one attached hydrogen (secondary N) is 1. The molecular formula is C86H159NO18. The maximum Gasteiger partial charge on any atom is 0.220 e. The Morgan fingerprint density at radius 2 is 0.638 bits per heavy atom. The first kappa shape index (κ1) is 96.9. The van der Waals surface area contributed by atoms with E-state index in [1.165, 1.54) is 283 Å². The molecule has 19 heteroatoms. The van der Waals surface area contributed by atoms with E-state index in [0.717, 1.165) is 44.9 Å². The first-order valence-electron chi connectivity index (χ1n) is 43.4. The topological polar surface area (TPSA) is 307 Å². The van der Waals surface area contributed by atoms with Crippen molar-refractivity contribution < 1.29 is 89.4 Å². The van der Waals surface area contributed by atoms with Gasteiger partial charge in [-0.3, -0.25) is 4.79 Å². The molecule has 0 spiro atoms. The fourth-order valence-electron chi connectivity index (χ4n) is 14.7. The Morgan fingerprint density at radius 3 is 1.01 bits per heavy atom. The number of aliphatic hydroxyl groups is 11. The number of allylic oxidation sites excluding steroid dienone is 7. The largest absolute Gasteiger partial charge is 0.394 e. The molecule has 1 amide bonds. The summed E-state index contributed by atoms with van der Waals surface area (Å²) in [6, 6.07) is -0.991. The van der Waals surface area contributed by atoms with Gasteiger partial charge in [0, 0.05) is 6.42 Å². The zero-order valence-electron chi connectivity index (χ0n) is 66.2. The van der Waals surface area contributed by atoms with E-state index in [1.54, 1.807) is 6.08 Å². The van der Waals surface area contributed by atoms with Crippen molar-refractivity contribution in [3.63, 3.8) is 0 Å². The summed E-state index contributed by atoms with van der Waals surface area (Å²) in [6.45, 7) is 1.76. The summed E-state index contributed by atoms with van der Waals surface area (Å²) in [5.74, 6) is -0.279. The summed E-state index contributed by atoms with van der Waals surface area (Å²) in [6.07, 6.45) is 58.3. The molecule has 0 aromatic carbocycles. The van der Waals surface area contributed by atoms with E-state index < -0.39 is 124 Å². The van der Waals surface area contributed by atoms with Gasteiger partial charge in [-0.2, -0.15) is 0 Å². The molecule has 17 unspecified atom stereocenters. The third-order valence-electron chi connectivity index (χ3n) is 21.6. The van der Waals surface area contributed by atoms with Crippen LogP contribution in [0.25, 0.3) is 0 Å². The summed E-state index contributed by atoms with van der Waals surface area (Å²) in [5.41, 5.74) is 0. The highest BCUT2D eigenvalue weighted by Crippen LogP contribution is 2.33. The zero-order valence-corrected chi connectivity index (χ0v) is 66.2. The average Bonchev–Trinajstić information content (AvgIpc) is 0.780. The number of aliphatic hydroxyl groups excluding tert-OH is 11. The van der Waals surface area contributed by atoms with Gasteiger partial charge in [0.25, 0.3) is 0 Å². The van der Waals surface area contributed by atoms with Crippen LogP contribution in [0, 0.1) is 0 Å². The van der Waals surface area contributed by atoms with Gasteiger partial charge in [-0.25, -0.2) is 0 Å². The molecule has 0 bridgehead atoms. The lowest BCUT2D eigenvalue weighted by atomic mass is 9.96. The van der Waals surface area contributed by atoms with Crippen molar-refractivity contribution in [3.8, 4) is 0 Å². The monoisotopic (exact) mass is 1490 g/mol. The van der Waals surface area contributed by atoms with Gasteiger partial charge in [-0.05, 0) is 64.2 Å². The lowest BCUT2D eigenvalue weighted by molar-refractivity contribution is -0.379. The van der Waals surface area contributed by atoms with Crippen LogP contribution in [0.2, 0.25) is 0 Å². The van der Waals surface area contributed by atoms with Crippen LogP contribution < -0.4 is 5.32 Å². The van der Waals surface area contributed by atoms with Gasteiger partial charge in [0.15, 0.2) is 18.9 Å². The Hall–Kier alpha value is -2.25. The molecular weight excluding hydrogens is 1330 g/mol. The number of hydrogen-bond acceptors (Lipinski definition) is 18. The molecule has 3 fully saturated rings. The van der Waals surface area contributed by atoms with Crippen LogP contribution in [0.15, 0.2) is 48.6 Å². The van der Waals surface area contributed by atoms with Gasteiger partial charge < -0.3 is 89.9 Å². The quantitative estimate of drug-likeness (QED) is 0.0199. The minimum atomic E-state index is -1.98. The lowest BCUT2D eigenvalue weighted by Crippen LogP contribution is -2.66. The molecule has 3 aliphatic rings. The number of ether oxygens (including phenoxy) is 6. The summed E-state index contributed by atoms with van der Waals surface area (Å²) in [7, 11) is 0. The summed E-state index contributed by atoms with van der Waals surface area (Å²) in [4.78, 5) is 13.5. The number of carbonyl (C=O) groups excluding carboxylic acids is 1. The Morgan fingerprint density at radius 1 is 0.343 bits per heavy atom. The average molecular weight is 1500 g/mol. The van der Waals surface area contributed by atoms with Gasteiger partial charge in [0.2, 0.25) is 5.91 Å². The molecule has 0 aliphatic carbocycles. The minimum Gasteiger partial charge on any atom is -0.394 e. The maximum atomic E-state index is 13.5. The third kappa shape index (κ3) is 45.8. The van der Waals surface area contributed by atoms with Crippen molar-refractivity contribution >= 4 is 5.91 Å². The van der Waals surface area contributed by atoms with Crippen molar-refractivity contribution in [1.82, 2.24) is 5.32 Å². The molecule has 0 aromatic rings. The number of hydrogen-bond donors (Lipinski definition) is 12. The van der Waals surface area contributed by atoms with Crippen LogP contribution in [-0.2, 0) is 33.2 Å². The Labute approximate surface area is 637 Å². The minimum absolute atomic E-state index is 0.238. The van der Waals surface area contributed by atoms with Gasteiger partial charge in [0.1, 0.15) is 73.2 Å². The third-order valence-corrected chi connectivity index (χ3v) is 21.6. The highest BCUT2D eigenvalue weighted by molar-refractivity contribution is 5.76. The summed E-state index contributed by atoms with van der Waals surface area (Å²) < 4.78 is 34.5. The van der Waals surface area contributed by atoms with E-state index in [4.69, 9.17) is 28.4 Å². The smallest absolute Gasteiger partial charge is 0.220 e. The van der Waals surface area contributed by atoms with Crippen molar-refractivity contribution in [2.24, 2.45) is 0 Å². The highest BCUT2D eigenvalue weighted by atomic mass is 16.8. The van der Waals surface area contributed by atoms with Crippen molar-refractivity contribution in [1.29, 1.82) is 0 Å². The van der Waals surface area contributed by atoms with Gasteiger partial charge in [-0.15, -0.1) is 0 Å². The highest BCUT2D eigenvalue weighted by Gasteiger charge is 2.54. The zero-order chi connectivity index (χ0) is 76.0. The van der Waals surface area contributed by atoms with Crippen LogP contribution in [0.5, 0.6) is 0 Å². The van der Waals surface area contributed by atoms with Crippen molar-refractivity contribution in [2.75, 3.05) is 26.4 Å². The first-order valence-corrected chi connectivity index (χ1v) is 43.4. The van der Waals surface area contributed by atoms with E-state index >= 15 is 0 Å². The summed E-state index contributed by atoms with van der Waals surface area (Å²) >= 11 is 0. The fourth-order valence-corrected chi connectivity index (χ4v) is 14.7. The van der Waals surface area contributed by atoms with Gasteiger partial charge in [0.05, 0.1) is 38.6 Å². The molecule has 19 nitrogen and oxygen atoms in total. The van der Waals surface area contributed by atoms with Crippen LogP contribution in [0.3, 0.4) is 0 Å². The molecule has 12 N–H and O–H groups in total. The molecule has 0 aromatic heterocycles. The molecule has 0 saturated carbocycles. The van der Waals surface area contributed by atoms with Crippen molar-refractivity contribution in [3.05, 3.63) is 48.6 Å². The SMILES string of the molecule is CCCCCCC/C=C\C/C=C\CCCCCCCCCCCCCCCCCCCCCCCC(=O)NC(COC1OC(CO)C(OC2OC(CO)C(OC3OC(CO)C(O)C(O)C3O)C(O)C2O)C(O)C1O)C(O)/C=C/CC/C=C/CCCCCCCCCCCCCCCCCCCCCCC. The molecule has 17 atom stereocenters. The van der Waals surface area contributed by atoms with Crippen LogP contribution in [0.4, 0.5) is 0 Å². The fraction of sp³-hybridized carbons (Fsp3) is 0.895. The Bertz CT molecular complexity index is 2080. The number of unbranched alkanes of at least 4 members (excludes halogenated alkanes) is 48. The molecule has 105 heavy (non-hydrogen) atoms. The second-order valence-corrected chi connectivity index (χ2v) is 31.0. The second-order valence-electron chi connectivity index (χ2n) is 31.0. The Balaban J connectivity index is 1.35. The first-order chi connectivity index (χ1) is 51.3. The van der Waals surface area contributed by atoms with E-state index in [9.17, 15) is 61.0 Å². The van der Waals surface area contributed by atoms with Crippen LogP contribution in [0.1, 0.15) is 361 Å². The molecule has 3 heterocycles. The van der Waals surface area contributed by atoms with E-state index in [1.807, 2.05) is 6.08 Å². The van der Waals surface area contributed by atoms with Gasteiger partial charge in [-0.1, -0.05) is 339 Å². The molecule has 3 aliphatic heterocycles. The number of carbonyl (C=O) groups is 1. The van der Waals surface area contributed by atoms with E-state index in [0.29, 0.717) is 12.8 Å². The molecule has 0 radical (unpaired) electrons. The van der Waals surface area contributed by atoms with Crippen molar-refractivity contribution in [2.45, 2.75) is 465 Å². The lowest BCUT2D eigenvalue weighted by Gasteiger charge is -2.48. The molecule has 3 saturated heterocycles. The maximum absolute atomic E-state index is 13.5.